The molecular weight excluding hydrogens is 292 g/mol. The lowest BCUT2D eigenvalue weighted by molar-refractivity contribution is 0.0689. The third kappa shape index (κ3) is 3.23. The second-order valence-corrected chi connectivity index (χ2v) is 5.11. The highest BCUT2D eigenvalue weighted by atomic mass is 16.5. The second kappa shape index (κ2) is 6.36. The van der Waals surface area contributed by atoms with Gasteiger partial charge in [-0.15, -0.1) is 0 Å². The van der Waals surface area contributed by atoms with Crippen LogP contribution in [0.3, 0.4) is 0 Å². The lowest BCUT2D eigenvalue weighted by Crippen LogP contribution is -2.00. The van der Waals surface area contributed by atoms with E-state index in [0.29, 0.717) is 18.1 Å². The van der Waals surface area contributed by atoms with Crippen LogP contribution in [0.2, 0.25) is 0 Å². The van der Waals surface area contributed by atoms with Gasteiger partial charge in [0.15, 0.2) is 5.69 Å². The van der Waals surface area contributed by atoms with E-state index in [4.69, 9.17) is 9.84 Å². The number of aromatic carboxylic acids is 1. The van der Waals surface area contributed by atoms with E-state index >= 15 is 0 Å². The van der Waals surface area contributed by atoms with Crippen LogP contribution in [-0.2, 0) is 13.7 Å². The number of rotatable bonds is 5. The van der Waals surface area contributed by atoms with Crippen LogP contribution in [0.5, 0.6) is 5.75 Å². The molecule has 0 bridgehead atoms. The van der Waals surface area contributed by atoms with Crippen LogP contribution in [0, 0.1) is 0 Å². The minimum absolute atomic E-state index is 0.0142. The van der Waals surface area contributed by atoms with Crippen LogP contribution in [-0.4, -0.2) is 20.9 Å². The molecule has 0 atom stereocenters. The number of carboxylic acids is 1. The highest BCUT2D eigenvalue weighted by Gasteiger charge is 2.15. The SMILES string of the molecule is Cn1nc(C(=O)O)cc1-c1ccccc1OCc1ccccc1. The molecule has 0 saturated heterocycles. The number of para-hydroxylation sites is 1. The molecule has 3 rings (SSSR count). The zero-order valence-corrected chi connectivity index (χ0v) is 12.6. The van der Waals surface area contributed by atoms with Gasteiger partial charge in [-0.05, 0) is 23.8 Å². The summed E-state index contributed by atoms with van der Waals surface area (Å²) >= 11 is 0. The van der Waals surface area contributed by atoms with Gasteiger partial charge in [0.2, 0.25) is 0 Å². The molecule has 0 fully saturated rings. The minimum atomic E-state index is -1.05. The van der Waals surface area contributed by atoms with E-state index in [9.17, 15) is 4.79 Å². The number of carboxylic acid groups (broad SMARTS) is 1. The van der Waals surface area contributed by atoms with Gasteiger partial charge in [-0.2, -0.15) is 5.10 Å². The molecule has 0 aliphatic rings. The Morgan fingerprint density at radius 2 is 1.83 bits per heavy atom. The van der Waals surface area contributed by atoms with Crippen LogP contribution in [0.25, 0.3) is 11.3 Å². The van der Waals surface area contributed by atoms with Crippen LogP contribution in [0.4, 0.5) is 0 Å². The lowest BCUT2D eigenvalue weighted by atomic mass is 10.1. The van der Waals surface area contributed by atoms with E-state index < -0.39 is 5.97 Å². The summed E-state index contributed by atoms with van der Waals surface area (Å²) in [6, 6.07) is 19.0. The van der Waals surface area contributed by atoms with Crippen molar-refractivity contribution in [3.05, 3.63) is 71.9 Å². The summed E-state index contributed by atoms with van der Waals surface area (Å²) in [6.45, 7) is 0.446. The molecule has 0 radical (unpaired) electrons. The monoisotopic (exact) mass is 308 g/mol. The summed E-state index contributed by atoms with van der Waals surface area (Å²) in [7, 11) is 1.72. The molecular formula is C18H16N2O3. The predicted octanol–water partition coefficient (Wildman–Crippen LogP) is 3.36. The molecule has 2 aromatic carbocycles. The summed E-state index contributed by atoms with van der Waals surface area (Å²) < 4.78 is 7.46. The minimum Gasteiger partial charge on any atom is -0.488 e. The second-order valence-electron chi connectivity index (χ2n) is 5.11. The Morgan fingerprint density at radius 3 is 2.52 bits per heavy atom. The Bertz CT molecular complexity index is 825. The van der Waals surface area contributed by atoms with Crippen LogP contribution >= 0.6 is 0 Å². The fourth-order valence-electron chi connectivity index (χ4n) is 2.36. The maximum atomic E-state index is 11.1. The van der Waals surface area contributed by atoms with Crippen molar-refractivity contribution in [2.45, 2.75) is 6.61 Å². The molecule has 0 amide bonds. The number of carbonyl (C=O) groups is 1. The van der Waals surface area contributed by atoms with Gasteiger partial charge in [0.1, 0.15) is 12.4 Å². The number of aryl methyl sites for hydroxylation is 1. The highest BCUT2D eigenvalue weighted by molar-refractivity contribution is 5.87. The third-order valence-electron chi connectivity index (χ3n) is 3.50. The summed E-state index contributed by atoms with van der Waals surface area (Å²) in [5, 5.41) is 13.1. The molecule has 0 spiro atoms. The van der Waals surface area contributed by atoms with Crippen molar-refractivity contribution in [3.8, 4) is 17.0 Å². The number of aromatic nitrogens is 2. The zero-order valence-electron chi connectivity index (χ0n) is 12.6. The van der Waals surface area contributed by atoms with Gasteiger partial charge in [-0.3, -0.25) is 4.68 Å². The van der Waals surface area contributed by atoms with E-state index in [1.165, 1.54) is 0 Å². The van der Waals surface area contributed by atoms with Gasteiger partial charge in [0.25, 0.3) is 0 Å². The van der Waals surface area contributed by atoms with Gasteiger partial charge < -0.3 is 9.84 Å². The summed E-state index contributed by atoms with van der Waals surface area (Å²) in [5.41, 5.74) is 2.59. The van der Waals surface area contributed by atoms with Crippen molar-refractivity contribution in [2.75, 3.05) is 0 Å². The fourth-order valence-corrected chi connectivity index (χ4v) is 2.36. The Labute approximate surface area is 133 Å². The van der Waals surface area contributed by atoms with Crippen molar-refractivity contribution in [1.82, 2.24) is 9.78 Å². The molecule has 1 heterocycles. The average molecular weight is 308 g/mol. The van der Waals surface area contributed by atoms with Crippen molar-refractivity contribution in [3.63, 3.8) is 0 Å². The molecule has 116 valence electrons. The average Bonchev–Trinajstić information content (AvgIpc) is 2.96. The van der Waals surface area contributed by atoms with Gasteiger partial charge >= 0.3 is 5.97 Å². The first-order chi connectivity index (χ1) is 11.1. The standard InChI is InChI=1S/C18H16N2O3/c1-20-16(11-15(19-20)18(21)22)14-9-5-6-10-17(14)23-12-13-7-3-2-4-8-13/h2-11H,12H2,1H3,(H,21,22). The Hall–Kier alpha value is -3.08. The molecule has 0 aliphatic heterocycles. The normalized spacial score (nSPS) is 10.5. The zero-order chi connectivity index (χ0) is 16.2. The number of benzene rings is 2. The highest BCUT2D eigenvalue weighted by Crippen LogP contribution is 2.30. The molecule has 1 aromatic heterocycles. The largest absolute Gasteiger partial charge is 0.488 e. The Kier molecular flexibility index (Phi) is 4.10. The van der Waals surface area contributed by atoms with Crippen LogP contribution in [0.1, 0.15) is 16.1 Å². The van der Waals surface area contributed by atoms with E-state index in [2.05, 4.69) is 5.10 Å². The van der Waals surface area contributed by atoms with Crippen molar-refractivity contribution in [2.24, 2.45) is 7.05 Å². The lowest BCUT2D eigenvalue weighted by Gasteiger charge is -2.11. The van der Waals surface area contributed by atoms with E-state index in [0.717, 1.165) is 11.1 Å². The molecule has 1 N–H and O–H groups in total. The quantitative estimate of drug-likeness (QED) is 0.785. The molecule has 3 aromatic rings. The predicted molar refractivity (Wildman–Crippen MR) is 86.4 cm³/mol. The fraction of sp³-hybridized carbons (Fsp3) is 0.111. The maximum absolute atomic E-state index is 11.1. The molecule has 5 heteroatoms. The van der Waals surface area contributed by atoms with Gasteiger partial charge in [-0.1, -0.05) is 42.5 Å². The molecule has 0 unspecified atom stereocenters. The first-order valence-electron chi connectivity index (χ1n) is 7.18. The molecule has 5 nitrogen and oxygen atoms in total. The molecule has 23 heavy (non-hydrogen) atoms. The first kappa shape index (κ1) is 14.8. The summed E-state index contributed by atoms with van der Waals surface area (Å²) in [5.74, 6) is -0.356. The first-order valence-corrected chi connectivity index (χ1v) is 7.18. The number of hydrogen-bond acceptors (Lipinski definition) is 3. The smallest absolute Gasteiger partial charge is 0.356 e. The summed E-state index contributed by atoms with van der Waals surface area (Å²) in [6.07, 6.45) is 0. The van der Waals surface area contributed by atoms with Gasteiger partial charge in [0.05, 0.1) is 5.69 Å². The Balaban J connectivity index is 1.90. The number of nitrogens with zero attached hydrogens (tertiary/aromatic N) is 2. The van der Waals surface area contributed by atoms with Crippen molar-refractivity contribution < 1.29 is 14.6 Å². The van der Waals surface area contributed by atoms with E-state index in [1.54, 1.807) is 17.8 Å². The van der Waals surface area contributed by atoms with Crippen molar-refractivity contribution in [1.29, 1.82) is 0 Å². The number of ether oxygens (including phenoxy) is 1. The van der Waals surface area contributed by atoms with Crippen LogP contribution < -0.4 is 4.74 Å². The van der Waals surface area contributed by atoms with E-state index in [-0.39, 0.29) is 5.69 Å². The molecule has 0 saturated carbocycles. The van der Waals surface area contributed by atoms with Gasteiger partial charge in [-0.25, -0.2) is 4.79 Å². The van der Waals surface area contributed by atoms with Gasteiger partial charge in [0, 0.05) is 12.6 Å². The van der Waals surface area contributed by atoms with E-state index in [1.807, 2.05) is 54.6 Å². The van der Waals surface area contributed by atoms with Crippen molar-refractivity contribution >= 4 is 5.97 Å². The third-order valence-corrected chi connectivity index (χ3v) is 3.50. The summed E-state index contributed by atoms with van der Waals surface area (Å²) in [4.78, 5) is 11.1. The number of hydrogen-bond donors (Lipinski definition) is 1. The topological polar surface area (TPSA) is 64.4 Å². The van der Waals surface area contributed by atoms with Crippen LogP contribution in [0.15, 0.2) is 60.7 Å². The maximum Gasteiger partial charge on any atom is 0.356 e. The Morgan fingerprint density at radius 1 is 1.13 bits per heavy atom. The molecule has 0 aliphatic carbocycles.